The predicted octanol–water partition coefficient (Wildman–Crippen LogP) is 22.3. The van der Waals surface area contributed by atoms with Crippen LogP contribution in [0.25, 0.3) is 0 Å². The largest absolute Gasteiger partial charge is 0.469 e. The van der Waals surface area contributed by atoms with Crippen molar-refractivity contribution in [1.82, 2.24) is 0 Å². The summed E-state index contributed by atoms with van der Waals surface area (Å²) >= 11 is 0. The van der Waals surface area contributed by atoms with Crippen molar-refractivity contribution in [2.75, 3.05) is 7.11 Å². The summed E-state index contributed by atoms with van der Waals surface area (Å²) in [5.41, 5.74) is 0. The van der Waals surface area contributed by atoms with Gasteiger partial charge in [0.25, 0.3) is 0 Å². The Morgan fingerprint density at radius 1 is 0.159 bits per heavy atom. The van der Waals surface area contributed by atoms with E-state index in [1.807, 2.05) is 7.11 Å². The summed E-state index contributed by atoms with van der Waals surface area (Å²) < 4.78 is 125. The van der Waals surface area contributed by atoms with E-state index in [-0.39, 0.29) is 0 Å². The van der Waals surface area contributed by atoms with Crippen LogP contribution in [0.2, 0.25) is 389 Å². The van der Waals surface area contributed by atoms with Gasteiger partial charge < -0.3 is 70.3 Å². The second kappa shape index (κ2) is 46.6. The van der Waals surface area contributed by atoms with Crippen molar-refractivity contribution in [2.45, 2.75) is 396 Å². The highest BCUT2D eigenvalue weighted by Gasteiger charge is 2.58. The molecule has 107 heavy (non-hydrogen) atoms. The molecule has 0 aliphatic heterocycles. The van der Waals surface area contributed by atoms with E-state index in [1.165, 1.54) is 0 Å². The molecule has 0 heterocycles. The van der Waals surface area contributed by atoms with E-state index < -0.39 is 168 Å². The quantitative estimate of drug-likeness (QED) is 0.0418. The second-order valence-corrected chi connectivity index (χ2v) is 137. The van der Waals surface area contributed by atoms with Crippen LogP contribution in [0, 0.1) is 0 Å². The maximum atomic E-state index is 8.44. The Labute approximate surface area is 702 Å². The molecule has 0 saturated carbocycles. The summed E-state index contributed by atoms with van der Waals surface area (Å²) in [5, 5.41) is 0. The molecule has 14 radical (unpaired) electrons. The zero-order chi connectivity index (χ0) is 83.8. The third-order valence-corrected chi connectivity index (χ3v) is 94.6. The average molecular weight is 1960 g/mol. The smallest absolute Gasteiger partial charge is 0.456 e. The highest BCUT2D eigenvalue weighted by molar-refractivity contribution is 6.96. The Bertz CT molecular complexity index is 2330. The van der Waals surface area contributed by atoms with Crippen LogP contribution in [0.5, 0.6) is 0 Å². The molecule has 44 heteroatoms. The molecule has 0 bridgehead atoms. The normalized spacial score (nSPS) is 15.2. The molecule has 0 saturated heterocycles. The lowest BCUT2D eigenvalue weighted by molar-refractivity contribution is 0.238. The van der Waals surface area contributed by atoms with Crippen LogP contribution in [0.1, 0.15) is 6.42 Å². The highest BCUT2D eigenvalue weighted by Crippen LogP contribution is 2.42. The van der Waals surface area contributed by atoms with E-state index in [2.05, 4.69) is 268 Å². The summed E-state index contributed by atoms with van der Waals surface area (Å²) in [6.07, 6.45) is 1.12. The van der Waals surface area contributed by atoms with Crippen molar-refractivity contribution in [3.05, 3.63) is 0 Å². The fourth-order valence-corrected chi connectivity index (χ4v) is 98.8. The van der Waals surface area contributed by atoms with Gasteiger partial charge in [0.2, 0.25) is 68.3 Å². The molecule has 630 valence electrons. The molecule has 0 aromatic carbocycles. The molecule has 0 aliphatic rings. The lowest BCUT2D eigenvalue weighted by atomic mass is 10.6. The molecule has 0 amide bonds. The zero-order valence-corrected chi connectivity index (χ0v) is 104. The van der Waals surface area contributed by atoms with E-state index in [0.29, 0.717) is 80.4 Å². The van der Waals surface area contributed by atoms with Gasteiger partial charge in [-0.3, -0.25) is 0 Å². The first-order valence-electron chi connectivity index (χ1n) is 40.2. The summed E-state index contributed by atoms with van der Waals surface area (Å²) in [5.74, 6) is 0. The molecule has 0 rings (SSSR count). The van der Waals surface area contributed by atoms with Gasteiger partial charge in [-0.1, -0.05) is 6.42 Å². The predicted molar refractivity (Wildman–Crippen MR) is 521 cm³/mol. The van der Waals surface area contributed by atoms with Gasteiger partial charge in [0, 0.05) is 25.2 Å². The summed E-state index contributed by atoms with van der Waals surface area (Å²) in [7, 11) is -42.4. The topological polar surface area (TPSA) is 157 Å². The first-order valence-corrected chi connectivity index (χ1v) is 109. The zero-order valence-electron chi connectivity index (χ0n) is 77.3. The minimum atomic E-state index is -3.70. The SMILES string of the molecule is CO[Si](C)(C)CCC[Si]O[Si](C)(C)CC[Si](O[Si](C)(C)CC[Si]O[Si](C)(C)CC[Si]O[Si](C)(C)C)(O[Si](C)(C)CC[Si]O[Si](C)(C)CC[Si]O[Si](C)(C)C)O[Si](C)(C)CC[Si](O[Si](C)(C)CC[Si]O[Si](C)(C)C)(O[Si](C)(C)CC[Si]O[Si](C)(C)C)O[Si](C)(C)CC[Si](O[Si](C)(C)C)(O[Si](C)(C)C)O[Si](C)(C)C. The summed E-state index contributed by atoms with van der Waals surface area (Å²) in [6, 6.07) is 18.7. The standard InChI is InChI=1S/C63H168O17Si27/c1-64-95(23,24)51-43-44-81-69-98(29,30)58-61-106(75-101(35,36)56-49-86-70-96(25,26)52-45-82-65-88(2,3)4,76-102(37,38)57-50-87-71-97(27,28)53-46-83-66-89(5,6)7)79-104(41,42)60-63-107(77-99(31,32)54-47-84-67-90(8,9)10,78-100(33,34)55-48-85-68-91(11,12)13)80-103(39,40)59-62-105(72-92(14,15)16,73-93(17,18)19)74-94(20,21)22/h43-63H2,1-42H3. The van der Waals surface area contributed by atoms with Crippen LogP contribution < -0.4 is 0 Å². The maximum Gasteiger partial charge on any atom is 0.469 e. The van der Waals surface area contributed by atoms with Crippen molar-refractivity contribution < 1.29 is 70.3 Å². The first kappa shape index (κ1) is 112. The van der Waals surface area contributed by atoms with Crippen LogP contribution in [-0.4, -0.2) is 243 Å². The molecule has 0 unspecified atom stereocenters. The highest BCUT2D eigenvalue weighted by atomic mass is 28.5. The first-order chi connectivity index (χ1) is 47.5. The lowest BCUT2D eigenvalue weighted by Gasteiger charge is -2.48. The van der Waals surface area contributed by atoms with E-state index in [1.54, 1.807) is 0 Å². The second-order valence-electron chi connectivity index (χ2n) is 42.6. The average Bonchev–Trinajstić information content (AvgIpc) is 0.779. The number of hydrogen-bond acceptors (Lipinski definition) is 17. The van der Waals surface area contributed by atoms with E-state index in [0.717, 1.165) is 115 Å². The Balaban J connectivity index is 8.87. The van der Waals surface area contributed by atoms with Gasteiger partial charge in [0.1, 0.15) is 0 Å². The molecular weight excluding hydrogens is 1790 g/mol. The third kappa shape index (κ3) is 61.2. The number of hydrogen-bond donors (Lipinski definition) is 0. The molecule has 17 nitrogen and oxygen atoms in total. The third-order valence-electron chi connectivity index (χ3n) is 16.2. The molecule has 0 aromatic rings. The Morgan fingerprint density at radius 2 is 0.336 bits per heavy atom. The van der Waals surface area contributed by atoms with Crippen LogP contribution in [-0.2, 0) is 70.3 Å². The van der Waals surface area contributed by atoms with E-state index in [4.69, 9.17) is 70.3 Å². The van der Waals surface area contributed by atoms with E-state index in [9.17, 15) is 0 Å². The van der Waals surface area contributed by atoms with Gasteiger partial charge in [-0.2, -0.15) is 0 Å². The molecule has 0 aromatic heterocycles. The lowest BCUT2D eigenvalue weighted by Crippen LogP contribution is -2.64. The van der Waals surface area contributed by atoms with Gasteiger partial charge in [0.05, 0.1) is 0 Å². The van der Waals surface area contributed by atoms with Crippen molar-refractivity contribution in [3.63, 3.8) is 0 Å². The Morgan fingerprint density at radius 3 is 0.551 bits per heavy atom. The van der Waals surface area contributed by atoms with Gasteiger partial charge in [-0.25, -0.2) is 0 Å². The summed E-state index contributed by atoms with van der Waals surface area (Å²) in [4.78, 5) is 0. The van der Waals surface area contributed by atoms with Gasteiger partial charge in [0.15, 0.2) is 141 Å². The summed E-state index contributed by atoms with van der Waals surface area (Å²) in [6.45, 7) is 96.3. The minimum Gasteiger partial charge on any atom is -0.456 e. The van der Waals surface area contributed by atoms with Crippen molar-refractivity contribution >= 4 is 236 Å². The fraction of sp³-hybridized carbons (Fsp3) is 1.00. The maximum absolute atomic E-state index is 8.44. The van der Waals surface area contributed by atoms with Crippen molar-refractivity contribution in [1.29, 1.82) is 0 Å². The molecule has 0 fully saturated rings. The Kier molecular flexibility index (Phi) is 48.9. The monoisotopic (exact) mass is 1950 g/mol. The van der Waals surface area contributed by atoms with Gasteiger partial charge in [-0.05, 0) is 371 Å². The van der Waals surface area contributed by atoms with Crippen LogP contribution >= 0.6 is 0 Å². The minimum absolute atomic E-state index is 0.418. The molecule has 0 spiro atoms. The molecule has 0 N–H and O–H groups in total. The van der Waals surface area contributed by atoms with Crippen molar-refractivity contribution in [3.8, 4) is 0 Å². The molecular formula is C63H168O17Si27. The van der Waals surface area contributed by atoms with Gasteiger partial charge in [-0.15, -0.1) is 0 Å². The van der Waals surface area contributed by atoms with Crippen LogP contribution in [0.3, 0.4) is 0 Å². The van der Waals surface area contributed by atoms with Gasteiger partial charge >= 0.3 is 26.4 Å². The van der Waals surface area contributed by atoms with Crippen molar-refractivity contribution in [2.24, 2.45) is 0 Å². The van der Waals surface area contributed by atoms with E-state index >= 15 is 0 Å². The fourth-order valence-electron chi connectivity index (χ4n) is 11.0. The Hall–Kier alpha value is 5.18. The number of rotatable bonds is 64. The molecule has 0 aliphatic carbocycles. The van der Waals surface area contributed by atoms with Crippen LogP contribution in [0.15, 0.2) is 0 Å². The van der Waals surface area contributed by atoms with Crippen LogP contribution in [0.4, 0.5) is 0 Å². The molecule has 0 atom stereocenters.